The van der Waals surface area contributed by atoms with Gasteiger partial charge in [0.1, 0.15) is 5.75 Å². The van der Waals surface area contributed by atoms with Crippen LogP contribution in [0.5, 0.6) is 5.75 Å². The maximum Gasteiger partial charge on any atom is 0.391 e. The molecule has 0 heterocycles. The van der Waals surface area contributed by atoms with Crippen molar-refractivity contribution in [2.45, 2.75) is 136 Å². The highest BCUT2D eigenvalue weighted by atomic mass is 31.2. The molecule has 4 heteroatoms. The molecule has 1 rings (SSSR count). The Morgan fingerprint density at radius 1 is 0.645 bits per heavy atom. The fourth-order valence-corrected chi connectivity index (χ4v) is 4.82. The van der Waals surface area contributed by atoms with E-state index in [-0.39, 0.29) is 0 Å². The lowest BCUT2D eigenvalue weighted by Crippen LogP contribution is -2.01. The van der Waals surface area contributed by atoms with Crippen LogP contribution in [0.3, 0.4) is 0 Å². The highest BCUT2D eigenvalue weighted by molar-refractivity contribution is 7.39. The fraction of sp³-hybridized carbons (Fsp3) is 0.778. The van der Waals surface area contributed by atoms with Gasteiger partial charge in [0.2, 0.25) is 0 Å². The van der Waals surface area contributed by atoms with Crippen LogP contribution in [0.4, 0.5) is 0 Å². The smallest absolute Gasteiger partial charge is 0.391 e. The molecule has 0 spiro atoms. The van der Waals surface area contributed by atoms with Crippen LogP contribution in [0.25, 0.3) is 0 Å². The zero-order chi connectivity index (χ0) is 22.7. The second kappa shape index (κ2) is 18.9. The maximum atomic E-state index is 9.30. The van der Waals surface area contributed by atoms with E-state index in [4.69, 9.17) is 4.52 Å². The minimum Gasteiger partial charge on any atom is -0.427 e. The van der Waals surface area contributed by atoms with E-state index in [9.17, 15) is 9.79 Å². The van der Waals surface area contributed by atoms with Gasteiger partial charge in [-0.05, 0) is 55.4 Å². The van der Waals surface area contributed by atoms with Gasteiger partial charge in [0.15, 0.2) is 0 Å². The molecule has 0 radical (unpaired) electrons. The third-order valence-corrected chi connectivity index (χ3v) is 6.77. The van der Waals surface area contributed by atoms with Crippen molar-refractivity contribution in [1.29, 1.82) is 0 Å². The van der Waals surface area contributed by atoms with Gasteiger partial charge in [0.25, 0.3) is 0 Å². The first-order valence-corrected chi connectivity index (χ1v) is 14.2. The molecule has 180 valence electrons. The lowest BCUT2D eigenvalue weighted by atomic mass is 9.92. The summed E-state index contributed by atoms with van der Waals surface area (Å²) >= 11 is 0. The molecular weight excluding hydrogens is 403 g/mol. The molecule has 0 bridgehead atoms. The van der Waals surface area contributed by atoms with Crippen molar-refractivity contribution < 1.29 is 14.3 Å². The molecular formula is C27H49O3P. The SMILES string of the molecule is CCCCCCCCCCc1ccc(OP(O)O)c(C)c1CCCCCCCCCC. The second-order valence-corrected chi connectivity index (χ2v) is 9.81. The Morgan fingerprint density at radius 2 is 1.10 bits per heavy atom. The number of rotatable bonds is 20. The quantitative estimate of drug-likeness (QED) is 0.153. The summed E-state index contributed by atoms with van der Waals surface area (Å²) in [7, 11) is -2.36. The van der Waals surface area contributed by atoms with Gasteiger partial charge in [-0.2, -0.15) is 0 Å². The van der Waals surface area contributed by atoms with Crippen LogP contribution >= 0.6 is 8.60 Å². The number of aryl methyl sites for hydroxylation is 1. The molecule has 0 saturated heterocycles. The van der Waals surface area contributed by atoms with E-state index in [1.165, 1.54) is 114 Å². The van der Waals surface area contributed by atoms with Gasteiger partial charge >= 0.3 is 8.60 Å². The largest absolute Gasteiger partial charge is 0.427 e. The molecule has 0 aliphatic rings. The summed E-state index contributed by atoms with van der Waals surface area (Å²) in [6.07, 6.45) is 23.5. The summed E-state index contributed by atoms with van der Waals surface area (Å²) in [5.41, 5.74) is 3.90. The predicted molar refractivity (Wildman–Crippen MR) is 136 cm³/mol. The second-order valence-electron chi connectivity index (χ2n) is 9.12. The van der Waals surface area contributed by atoms with Gasteiger partial charge in [-0.1, -0.05) is 110 Å². The summed E-state index contributed by atoms with van der Waals surface area (Å²) in [5.74, 6) is 0.630. The third-order valence-electron chi connectivity index (χ3n) is 6.41. The Morgan fingerprint density at radius 3 is 1.58 bits per heavy atom. The Bertz CT molecular complexity index is 560. The maximum absolute atomic E-state index is 9.30. The summed E-state index contributed by atoms with van der Waals surface area (Å²) in [6, 6.07) is 4.08. The molecule has 0 amide bonds. The van der Waals surface area contributed by atoms with Crippen molar-refractivity contribution in [2.24, 2.45) is 0 Å². The molecule has 0 aromatic heterocycles. The number of benzene rings is 1. The summed E-state index contributed by atoms with van der Waals surface area (Å²) in [6.45, 7) is 6.61. The van der Waals surface area contributed by atoms with E-state index in [0.29, 0.717) is 5.75 Å². The lowest BCUT2D eigenvalue weighted by Gasteiger charge is -2.17. The molecule has 1 aromatic carbocycles. The van der Waals surface area contributed by atoms with Crippen molar-refractivity contribution in [3.8, 4) is 5.75 Å². The normalized spacial score (nSPS) is 11.4. The molecule has 0 fully saturated rings. The molecule has 0 saturated carbocycles. The molecule has 0 aliphatic carbocycles. The average Bonchev–Trinajstić information content (AvgIpc) is 2.75. The highest BCUT2D eigenvalue weighted by Gasteiger charge is 2.13. The molecule has 0 atom stereocenters. The minimum absolute atomic E-state index is 0.630. The summed E-state index contributed by atoms with van der Waals surface area (Å²) in [4.78, 5) is 18.6. The first kappa shape index (κ1) is 28.4. The van der Waals surface area contributed by atoms with Crippen molar-refractivity contribution in [2.75, 3.05) is 0 Å². The van der Waals surface area contributed by atoms with Crippen molar-refractivity contribution in [1.82, 2.24) is 0 Å². The molecule has 3 nitrogen and oxygen atoms in total. The van der Waals surface area contributed by atoms with E-state index in [1.807, 2.05) is 6.07 Å². The van der Waals surface area contributed by atoms with Gasteiger partial charge in [0.05, 0.1) is 0 Å². The topological polar surface area (TPSA) is 49.7 Å². The summed E-state index contributed by atoms with van der Waals surface area (Å²) < 4.78 is 5.29. The highest BCUT2D eigenvalue weighted by Crippen LogP contribution is 2.35. The monoisotopic (exact) mass is 452 g/mol. The van der Waals surface area contributed by atoms with E-state index in [0.717, 1.165) is 18.4 Å². The number of hydrogen-bond donors (Lipinski definition) is 2. The Labute approximate surface area is 194 Å². The van der Waals surface area contributed by atoms with Gasteiger partial charge in [0, 0.05) is 0 Å². The number of unbranched alkanes of at least 4 members (excludes halogenated alkanes) is 14. The zero-order valence-electron chi connectivity index (χ0n) is 20.6. The van der Waals surface area contributed by atoms with Crippen LogP contribution in [0.15, 0.2) is 12.1 Å². The van der Waals surface area contributed by atoms with Crippen LogP contribution in [-0.2, 0) is 12.8 Å². The van der Waals surface area contributed by atoms with Crippen LogP contribution < -0.4 is 4.52 Å². The van der Waals surface area contributed by atoms with Crippen molar-refractivity contribution in [3.05, 3.63) is 28.8 Å². The molecule has 31 heavy (non-hydrogen) atoms. The molecule has 2 N–H and O–H groups in total. The van der Waals surface area contributed by atoms with Gasteiger partial charge in [-0.15, -0.1) is 0 Å². The first-order chi connectivity index (χ1) is 15.1. The van der Waals surface area contributed by atoms with Gasteiger partial charge in [-0.25, -0.2) is 0 Å². The average molecular weight is 453 g/mol. The Kier molecular flexibility index (Phi) is 17.3. The van der Waals surface area contributed by atoms with E-state index in [1.54, 1.807) is 0 Å². The Hall–Kier alpha value is -0.630. The zero-order valence-corrected chi connectivity index (χ0v) is 21.5. The van der Waals surface area contributed by atoms with Crippen LogP contribution in [0.1, 0.15) is 133 Å². The lowest BCUT2D eigenvalue weighted by molar-refractivity contribution is 0.373. The first-order valence-electron chi connectivity index (χ1n) is 13.1. The standard InChI is InChI=1S/C27H49O3P/c1-4-6-8-10-12-14-16-18-20-25-22-23-27(30-31(28)29)24(3)26(25)21-19-17-15-13-11-9-7-5-2/h22-23,28-29H,4-21H2,1-3H3. The van der Waals surface area contributed by atoms with Crippen LogP contribution in [-0.4, -0.2) is 9.79 Å². The van der Waals surface area contributed by atoms with E-state index in [2.05, 4.69) is 26.8 Å². The third kappa shape index (κ3) is 13.5. The van der Waals surface area contributed by atoms with Crippen LogP contribution in [0, 0.1) is 6.92 Å². The fourth-order valence-electron chi connectivity index (χ4n) is 4.45. The van der Waals surface area contributed by atoms with Crippen LogP contribution in [0.2, 0.25) is 0 Å². The van der Waals surface area contributed by atoms with Gasteiger partial charge < -0.3 is 14.3 Å². The minimum atomic E-state index is -2.36. The van der Waals surface area contributed by atoms with Crippen molar-refractivity contribution >= 4 is 8.60 Å². The van der Waals surface area contributed by atoms with E-state index >= 15 is 0 Å². The van der Waals surface area contributed by atoms with E-state index < -0.39 is 8.60 Å². The van der Waals surface area contributed by atoms with Gasteiger partial charge in [-0.3, -0.25) is 0 Å². The predicted octanol–water partition coefficient (Wildman–Crippen LogP) is 8.95. The molecule has 1 aromatic rings. The Balaban J connectivity index is 2.51. The van der Waals surface area contributed by atoms with Crippen molar-refractivity contribution in [3.63, 3.8) is 0 Å². The summed E-state index contributed by atoms with van der Waals surface area (Å²) in [5, 5.41) is 0. The molecule has 0 unspecified atom stereocenters. The number of hydrogen-bond acceptors (Lipinski definition) is 3. The molecule has 0 aliphatic heterocycles.